The molecule has 0 aliphatic carbocycles. The summed E-state index contributed by atoms with van der Waals surface area (Å²) in [5.41, 5.74) is 2.49. The number of rotatable bonds is 3. The van der Waals surface area contributed by atoms with Crippen molar-refractivity contribution in [3.05, 3.63) is 105 Å². The van der Waals surface area contributed by atoms with Crippen molar-refractivity contribution in [2.75, 3.05) is 24.6 Å². The van der Waals surface area contributed by atoms with E-state index in [1.807, 2.05) is 17.9 Å². The van der Waals surface area contributed by atoms with E-state index in [4.69, 9.17) is 4.74 Å². The Bertz CT molecular complexity index is 1690. The molecule has 0 saturated carbocycles. The van der Waals surface area contributed by atoms with Crippen molar-refractivity contribution in [2.24, 2.45) is 7.05 Å². The minimum absolute atomic E-state index is 0.0267. The summed E-state index contributed by atoms with van der Waals surface area (Å²) in [4.78, 5) is 35.3. The summed E-state index contributed by atoms with van der Waals surface area (Å²) in [5.74, 6) is -1.45. The highest BCUT2D eigenvalue weighted by Gasteiger charge is 2.42. The Labute approximate surface area is 228 Å². The molecule has 1 fully saturated rings. The first-order valence-corrected chi connectivity index (χ1v) is 12.9. The number of hydrogen-bond donors (Lipinski definition) is 0. The topological polar surface area (TPSA) is 91.5 Å². The maximum absolute atomic E-state index is 13.8. The number of halogens is 2. The number of aromatic nitrogens is 2. The number of aryl methyl sites for hydroxylation is 1. The van der Waals surface area contributed by atoms with Gasteiger partial charge in [0.05, 0.1) is 23.3 Å². The van der Waals surface area contributed by atoms with Gasteiger partial charge in [-0.2, -0.15) is 5.26 Å². The van der Waals surface area contributed by atoms with Gasteiger partial charge in [0.15, 0.2) is 5.56 Å². The Balaban J connectivity index is 1.48. The number of hydrogen-bond acceptors (Lipinski definition) is 7. The normalized spacial score (nSPS) is 19.1. The molecule has 0 radical (unpaired) electrons. The molecule has 40 heavy (non-hydrogen) atoms. The summed E-state index contributed by atoms with van der Waals surface area (Å²) >= 11 is 0. The highest BCUT2D eigenvalue weighted by Crippen LogP contribution is 2.38. The Morgan fingerprint density at radius 2 is 1.60 bits per heavy atom. The number of piperazine rings is 1. The standard InChI is InChI=1S/C30H25F2N5O3/c1-17-14-37-23(15-36(17)27(18-3-7-20(31)8-4-18)19-5-9-21(32)10-6-19)16-40-30(39)25-28(37)26-24(35(2)29(25)38)12-11-22(13-33)34-26/h3-12,17,23,27H,14-16H2,1-2H3/t17-,23-/m1/s1. The molecule has 2 aliphatic rings. The predicted octanol–water partition coefficient (Wildman–Crippen LogP) is 3.92. The van der Waals surface area contributed by atoms with Gasteiger partial charge in [-0.15, -0.1) is 0 Å². The van der Waals surface area contributed by atoms with Gasteiger partial charge in [-0.05, 0) is 54.4 Å². The van der Waals surface area contributed by atoms with Gasteiger partial charge >= 0.3 is 5.97 Å². The van der Waals surface area contributed by atoms with Crippen molar-refractivity contribution in [3.8, 4) is 6.07 Å². The second-order valence-electron chi connectivity index (χ2n) is 10.2. The van der Waals surface area contributed by atoms with Gasteiger partial charge in [0.1, 0.15) is 35.5 Å². The van der Waals surface area contributed by atoms with Crippen molar-refractivity contribution >= 4 is 22.7 Å². The first-order valence-electron chi connectivity index (χ1n) is 12.9. The number of pyridine rings is 2. The van der Waals surface area contributed by atoms with Crippen LogP contribution in [0.2, 0.25) is 0 Å². The lowest BCUT2D eigenvalue weighted by atomic mass is 9.93. The summed E-state index contributed by atoms with van der Waals surface area (Å²) in [6.45, 7) is 2.88. The fraction of sp³-hybridized carbons (Fsp3) is 0.267. The lowest BCUT2D eigenvalue weighted by Gasteiger charge is -2.48. The van der Waals surface area contributed by atoms with Gasteiger partial charge in [-0.1, -0.05) is 24.3 Å². The second kappa shape index (κ2) is 9.84. The molecule has 10 heteroatoms. The molecular weight excluding hydrogens is 516 g/mol. The van der Waals surface area contributed by atoms with Crippen LogP contribution in [0, 0.1) is 23.0 Å². The summed E-state index contributed by atoms with van der Waals surface area (Å²) in [7, 11) is 1.56. The smallest absolute Gasteiger partial charge is 0.346 e. The highest BCUT2D eigenvalue weighted by atomic mass is 19.1. The zero-order valence-electron chi connectivity index (χ0n) is 21.8. The Morgan fingerprint density at radius 1 is 0.975 bits per heavy atom. The summed E-state index contributed by atoms with van der Waals surface area (Å²) in [5, 5.41) is 9.51. The van der Waals surface area contributed by atoms with E-state index in [0.717, 1.165) is 11.1 Å². The van der Waals surface area contributed by atoms with Crippen molar-refractivity contribution in [1.29, 1.82) is 5.26 Å². The third-order valence-electron chi connectivity index (χ3n) is 7.82. The molecule has 8 nitrogen and oxygen atoms in total. The molecule has 0 unspecified atom stereocenters. The summed E-state index contributed by atoms with van der Waals surface area (Å²) in [6, 6.07) is 16.9. The van der Waals surface area contributed by atoms with Gasteiger partial charge in [-0.3, -0.25) is 9.69 Å². The van der Waals surface area contributed by atoms with E-state index >= 15 is 0 Å². The van der Waals surface area contributed by atoms with Crippen molar-refractivity contribution in [2.45, 2.75) is 25.0 Å². The lowest BCUT2D eigenvalue weighted by Crippen LogP contribution is -2.59. The SMILES string of the molecule is C[C@@H]1CN2c3c(c(=O)n(C)c4ccc(C#N)nc34)C(=O)OC[C@H]2CN1C(c1ccc(F)cc1)c1ccc(F)cc1. The first-order chi connectivity index (χ1) is 19.3. The molecule has 2 aliphatic heterocycles. The quantitative estimate of drug-likeness (QED) is 0.363. The Kier molecular flexibility index (Phi) is 6.31. The van der Waals surface area contributed by atoms with Crippen molar-refractivity contribution in [1.82, 2.24) is 14.5 Å². The number of anilines is 1. The van der Waals surface area contributed by atoms with Crippen LogP contribution in [-0.2, 0) is 11.8 Å². The van der Waals surface area contributed by atoms with Gasteiger partial charge in [-0.25, -0.2) is 18.6 Å². The molecule has 2 atom stereocenters. The maximum Gasteiger partial charge on any atom is 0.346 e. The molecule has 0 amide bonds. The number of cyclic esters (lactones) is 1. The van der Waals surface area contributed by atoms with Crippen LogP contribution in [0.25, 0.3) is 11.0 Å². The molecule has 4 aromatic rings. The number of nitrogens with zero attached hydrogens (tertiary/aromatic N) is 5. The van der Waals surface area contributed by atoms with E-state index in [2.05, 4.69) is 9.88 Å². The molecule has 2 aromatic carbocycles. The number of nitriles is 1. The average molecular weight is 542 g/mol. The molecule has 202 valence electrons. The number of carbonyl (C=O) groups excluding carboxylic acids is 1. The zero-order chi connectivity index (χ0) is 28.1. The van der Waals surface area contributed by atoms with Crippen LogP contribution in [0.1, 0.15) is 40.1 Å². The van der Waals surface area contributed by atoms with E-state index < -0.39 is 11.5 Å². The Morgan fingerprint density at radius 3 is 2.20 bits per heavy atom. The fourth-order valence-electron chi connectivity index (χ4n) is 5.87. The van der Waals surface area contributed by atoms with Crippen LogP contribution in [-0.4, -0.2) is 52.2 Å². The molecule has 0 N–H and O–H groups in total. The number of benzene rings is 2. The van der Waals surface area contributed by atoms with Crippen LogP contribution < -0.4 is 10.5 Å². The summed E-state index contributed by atoms with van der Waals surface area (Å²) in [6.07, 6.45) is 0. The third-order valence-corrected chi connectivity index (χ3v) is 7.82. The number of ether oxygens (including phenoxy) is 1. The van der Waals surface area contributed by atoms with Gasteiger partial charge < -0.3 is 14.2 Å². The Hall–Kier alpha value is -4.62. The monoisotopic (exact) mass is 541 g/mol. The largest absolute Gasteiger partial charge is 0.460 e. The molecule has 2 aromatic heterocycles. The molecule has 0 bridgehead atoms. The van der Waals surface area contributed by atoms with Crippen molar-refractivity contribution < 1.29 is 18.3 Å². The average Bonchev–Trinajstić information content (AvgIpc) is 3.10. The van der Waals surface area contributed by atoms with E-state index in [0.29, 0.717) is 29.8 Å². The van der Waals surface area contributed by atoms with Gasteiger partial charge in [0.25, 0.3) is 5.56 Å². The van der Waals surface area contributed by atoms with Crippen LogP contribution in [0.3, 0.4) is 0 Å². The zero-order valence-corrected chi connectivity index (χ0v) is 21.8. The molecule has 1 saturated heterocycles. The van der Waals surface area contributed by atoms with E-state index in [9.17, 15) is 23.6 Å². The number of carbonyl (C=O) groups is 1. The number of esters is 1. The first kappa shape index (κ1) is 25.6. The third kappa shape index (κ3) is 4.19. The fourth-order valence-corrected chi connectivity index (χ4v) is 5.87. The molecule has 4 heterocycles. The van der Waals surface area contributed by atoms with Crippen LogP contribution >= 0.6 is 0 Å². The molecule has 6 rings (SSSR count). The van der Waals surface area contributed by atoms with E-state index in [-0.39, 0.29) is 47.6 Å². The van der Waals surface area contributed by atoms with Crippen molar-refractivity contribution in [3.63, 3.8) is 0 Å². The van der Waals surface area contributed by atoms with Gasteiger partial charge in [0, 0.05) is 26.2 Å². The van der Waals surface area contributed by atoms with Crippen LogP contribution in [0.4, 0.5) is 14.5 Å². The predicted molar refractivity (Wildman–Crippen MR) is 144 cm³/mol. The minimum atomic E-state index is -0.733. The van der Waals surface area contributed by atoms with Crippen LogP contribution in [0.15, 0.2) is 65.5 Å². The maximum atomic E-state index is 13.8. The van der Waals surface area contributed by atoms with Crippen LogP contribution in [0.5, 0.6) is 0 Å². The molecule has 0 spiro atoms. The lowest BCUT2D eigenvalue weighted by molar-refractivity contribution is 0.0420. The van der Waals surface area contributed by atoms with E-state index in [1.54, 1.807) is 37.4 Å². The second-order valence-corrected chi connectivity index (χ2v) is 10.2. The highest BCUT2D eigenvalue weighted by molar-refractivity contribution is 6.04. The number of fused-ring (bicyclic) bond motifs is 5. The van der Waals surface area contributed by atoms with Gasteiger partial charge in [0.2, 0.25) is 0 Å². The summed E-state index contributed by atoms with van der Waals surface area (Å²) < 4.78 is 34.7. The minimum Gasteiger partial charge on any atom is -0.460 e. The molecular formula is C30H25F2N5O3. The van der Waals surface area contributed by atoms with E-state index in [1.165, 1.54) is 34.9 Å².